The number of rotatable bonds is 4. The molecule has 3 heteroatoms. The molecule has 0 aliphatic carbocycles. The molecular formula is C16H16ClFO. The first-order valence-electron chi connectivity index (χ1n) is 6.26. The van der Waals surface area contributed by atoms with E-state index in [0.29, 0.717) is 23.4 Å². The average molecular weight is 279 g/mol. The van der Waals surface area contributed by atoms with E-state index < -0.39 is 5.60 Å². The van der Waals surface area contributed by atoms with E-state index in [2.05, 4.69) is 0 Å². The zero-order valence-electron chi connectivity index (χ0n) is 10.7. The van der Waals surface area contributed by atoms with Crippen molar-refractivity contribution in [3.05, 3.63) is 70.5 Å². The molecule has 0 saturated carbocycles. The van der Waals surface area contributed by atoms with E-state index in [1.54, 1.807) is 18.2 Å². The molecule has 0 amide bonds. The number of hydrogen-bond donors (Lipinski definition) is 1. The van der Waals surface area contributed by atoms with Crippen LogP contribution in [0.1, 0.15) is 24.5 Å². The van der Waals surface area contributed by atoms with E-state index >= 15 is 0 Å². The topological polar surface area (TPSA) is 20.2 Å². The van der Waals surface area contributed by atoms with Crippen LogP contribution < -0.4 is 0 Å². The Labute approximate surface area is 117 Å². The molecule has 0 radical (unpaired) electrons. The molecule has 2 rings (SSSR count). The molecular weight excluding hydrogens is 263 g/mol. The Bertz CT molecular complexity index is 570. The smallest absolute Gasteiger partial charge is 0.123 e. The van der Waals surface area contributed by atoms with Gasteiger partial charge in [0.05, 0.1) is 5.60 Å². The lowest BCUT2D eigenvalue weighted by Gasteiger charge is -2.27. The Balaban J connectivity index is 2.32. The van der Waals surface area contributed by atoms with Gasteiger partial charge in [-0.15, -0.1) is 0 Å². The summed E-state index contributed by atoms with van der Waals surface area (Å²) in [5.74, 6) is -0.338. The molecule has 0 saturated heterocycles. The minimum atomic E-state index is -1.08. The van der Waals surface area contributed by atoms with Crippen molar-refractivity contribution < 1.29 is 9.50 Å². The standard InChI is InChI=1S/C16H16ClFO/c1-2-16(19,13-6-4-8-15(18)10-13)11-12-5-3-7-14(17)9-12/h3-10,19H,2,11H2,1H3. The average Bonchev–Trinajstić information content (AvgIpc) is 2.38. The van der Waals surface area contributed by atoms with Crippen LogP contribution in [-0.2, 0) is 12.0 Å². The van der Waals surface area contributed by atoms with E-state index in [-0.39, 0.29) is 5.82 Å². The lowest BCUT2D eigenvalue weighted by Crippen LogP contribution is -2.27. The summed E-state index contributed by atoms with van der Waals surface area (Å²) in [7, 11) is 0. The van der Waals surface area contributed by atoms with Crippen LogP contribution in [0.4, 0.5) is 4.39 Å². The first-order chi connectivity index (χ1) is 9.03. The van der Waals surface area contributed by atoms with E-state index in [1.807, 2.05) is 25.1 Å². The Morgan fingerprint density at radius 1 is 1.16 bits per heavy atom. The summed E-state index contributed by atoms with van der Waals surface area (Å²) in [6, 6.07) is 13.5. The maximum absolute atomic E-state index is 13.3. The van der Waals surface area contributed by atoms with Crippen LogP contribution in [0.25, 0.3) is 0 Å². The van der Waals surface area contributed by atoms with Crippen LogP contribution in [0, 0.1) is 5.82 Å². The van der Waals surface area contributed by atoms with Crippen molar-refractivity contribution in [2.75, 3.05) is 0 Å². The maximum Gasteiger partial charge on any atom is 0.123 e. The van der Waals surface area contributed by atoms with Crippen LogP contribution in [-0.4, -0.2) is 5.11 Å². The Kier molecular flexibility index (Phi) is 4.23. The highest BCUT2D eigenvalue weighted by atomic mass is 35.5. The predicted octanol–water partition coefficient (Wildman–Crippen LogP) is 4.32. The van der Waals surface area contributed by atoms with E-state index in [0.717, 1.165) is 5.56 Å². The molecule has 0 aliphatic rings. The quantitative estimate of drug-likeness (QED) is 0.883. The molecule has 0 bridgehead atoms. The number of halogens is 2. The molecule has 0 aromatic heterocycles. The first-order valence-corrected chi connectivity index (χ1v) is 6.64. The second kappa shape index (κ2) is 5.72. The van der Waals surface area contributed by atoms with Crippen LogP contribution in [0.5, 0.6) is 0 Å². The van der Waals surface area contributed by atoms with Gasteiger partial charge in [-0.05, 0) is 41.8 Å². The Morgan fingerprint density at radius 2 is 1.89 bits per heavy atom. The summed E-state index contributed by atoms with van der Waals surface area (Å²) in [6.07, 6.45) is 0.913. The molecule has 2 aromatic carbocycles. The summed E-state index contributed by atoms with van der Waals surface area (Å²) in [6.45, 7) is 1.88. The predicted molar refractivity (Wildman–Crippen MR) is 75.7 cm³/mol. The second-order valence-electron chi connectivity index (χ2n) is 4.70. The number of hydrogen-bond acceptors (Lipinski definition) is 1. The van der Waals surface area contributed by atoms with Gasteiger partial charge in [0.25, 0.3) is 0 Å². The van der Waals surface area contributed by atoms with Crippen LogP contribution in [0.2, 0.25) is 5.02 Å². The molecule has 0 spiro atoms. The van der Waals surface area contributed by atoms with Gasteiger partial charge in [0.15, 0.2) is 0 Å². The molecule has 0 aliphatic heterocycles. The lowest BCUT2D eigenvalue weighted by atomic mass is 9.85. The third-order valence-electron chi connectivity index (χ3n) is 3.33. The summed E-state index contributed by atoms with van der Waals surface area (Å²) in [5.41, 5.74) is 0.448. The maximum atomic E-state index is 13.3. The van der Waals surface area contributed by atoms with Gasteiger partial charge in [0.1, 0.15) is 5.82 Å². The largest absolute Gasteiger partial charge is 0.385 e. The fraction of sp³-hybridized carbons (Fsp3) is 0.250. The summed E-state index contributed by atoms with van der Waals surface area (Å²) >= 11 is 5.95. The molecule has 1 nitrogen and oxygen atoms in total. The molecule has 1 unspecified atom stereocenters. The van der Waals surface area contributed by atoms with Crippen LogP contribution in [0.15, 0.2) is 48.5 Å². The number of benzene rings is 2. The Hall–Kier alpha value is -1.38. The SMILES string of the molecule is CCC(O)(Cc1cccc(Cl)c1)c1cccc(F)c1. The van der Waals surface area contributed by atoms with Crippen molar-refractivity contribution in [1.29, 1.82) is 0 Å². The fourth-order valence-electron chi connectivity index (χ4n) is 2.19. The van der Waals surface area contributed by atoms with Crippen molar-refractivity contribution >= 4 is 11.6 Å². The van der Waals surface area contributed by atoms with Crippen molar-refractivity contribution in [2.24, 2.45) is 0 Å². The third kappa shape index (κ3) is 3.34. The van der Waals surface area contributed by atoms with Gasteiger partial charge in [0.2, 0.25) is 0 Å². The van der Waals surface area contributed by atoms with E-state index in [9.17, 15) is 9.50 Å². The van der Waals surface area contributed by atoms with Gasteiger partial charge >= 0.3 is 0 Å². The van der Waals surface area contributed by atoms with Gasteiger partial charge in [0, 0.05) is 11.4 Å². The zero-order valence-corrected chi connectivity index (χ0v) is 11.5. The van der Waals surface area contributed by atoms with Crippen molar-refractivity contribution in [1.82, 2.24) is 0 Å². The molecule has 0 heterocycles. The summed E-state index contributed by atoms with van der Waals surface area (Å²) in [5, 5.41) is 11.4. The normalized spacial score (nSPS) is 14.1. The zero-order chi connectivity index (χ0) is 13.9. The monoisotopic (exact) mass is 278 g/mol. The molecule has 19 heavy (non-hydrogen) atoms. The highest BCUT2D eigenvalue weighted by Gasteiger charge is 2.27. The minimum absolute atomic E-state index is 0.338. The third-order valence-corrected chi connectivity index (χ3v) is 3.57. The summed E-state index contributed by atoms with van der Waals surface area (Å²) in [4.78, 5) is 0. The highest BCUT2D eigenvalue weighted by molar-refractivity contribution is 6.30. The Morgan fingerprint density at radius 3 is 2.53 bits per heavy atom. The molecule has 2 aromatic rings. The van der Waals surface area contributed by atoms with Gasteiger partial charge in [-0.3, -0.25) is 0 Å². The molecule has 1 N–H and O–H groups in total. The van der Waals surface area contributed by atoms with Crippen LogP contribution in [0.3, 0.4) is 0 Å². The molecule has 100 valence electrons. The lowest BCUT2D eigenvalue weighted by molar-refractivity contribution is 0.0324. The van der Waals surface area contributed by atoms with Crippen molar-refractivity contribution in [3.63, 3.8) is 0 Å². The van der Waals surface area contributed by atoms with Gasteiger partial charge < -0.3 is 5.11 Å². The highest BCUT2D eigenvalue weighted by Crippen LogP contribution is 2.30. The van der Waals surface area contributed by atoms with E-state index in [4.69, 9.17) is 11.6 Å². The first kappa shape index (κ1) is 14.0. The van der Waals surface area contributed by atoms with Gasteiger partial charge in [-0.2, -0.15) is 0 Å². The van der Waals surface area contributed by atoms with Gasteiger partial charge in [-0.25, -0.2) is 4.39 Å². The second-order valence-corrected chi connectivity index (χ2v) is 5.14. The molecule has 1 atom stereocenters. The van der Waals surface area contributed by atoms with Crippen molar-refractivity contribution in [3.8, 4) is 0 Å². The summed E-state index contributed by atoms with van der Waals surface area (Å²) < 4.78 is 13.3. The van der Waals surface area contributed by atoms with Crippen LogP contribution >= 0.6 is 11.6 Å². The minimum Gasteiger partial charge on any atom is -0.385 e. The number of aliphatic hydroxyl groups is 1. The molecule has 0 fully saturated rings. The van der Waals surface area contributed by atoms with E-state index in [1.165, 1.54) is 12.1 Å². The fourth-order valence-corrected chi connectivity index (χ4v) is 2.41. The van der Waals surface area contributed by atoms with Crippen molar-refractivity contribution in [2.45, 2.75) is 25.4 Å². The van der Waals surface area contributed by atoms with Gasteiger partial charge in [-0.1, -0.05) is 42.8 Å².